The van der Waals surface area contributed by atoms with Crippen molar-refractivity contribution in [2.24, 2.45) is 5.92 Å². The third-order valence-electron chi connectivity index (χ3n) is 6.02. The number of piperazine rings is 1. The molecule has 2 aliphatic heterocycles. The number of rotatable bonds is 4. The molecule has 1 amide bonds. The molecule has 21 heavy (non-hydrogen) atoms. The van der Waals surface area contributed by atoms with Crippen LogP contribution in [0.2, 0.25) is 0 Å². The first-order valence-corrected chi connectivity index (χ1v) is 8.97. The summed E-state index contributed by atoms with van der Waals surface area (Å²) in [6, 6.07) is 1.17. The number of nitrogens with zero attached hydrogens (tertiary/aromatic N) is 3. The fourth-order valence-electron chi connectivity index (χ4n) is 4.30. The lowest BCUT2D eigenvalue weighted by atomic mass is 9.83. The highest BCUT2D eigenvalue weighted by Gasteiger charge is 2.37. The number of carbonyl (C=O) groups is 1. The molecule has 2 heterocycles. The van der Waals surface area contributed by atoms with Gasteiger partial charge in [0.25, 0.3) is 0 Å². The van der Waals surface area contributed by atoms with Crippen LogP contribution in [0.1, 0.15) is 46.0 Å². The predicted octanol–water partition coefficient (Wildman–Crippen LogP) is 1.80. The van der Waals surface area contributed by atoms with Crippen molar-refractivity contribution in [3.05, 3.63) is 0 Å². The first kappa shape index (κ1) is 15.3. The summed E-state index contributed by atoms with van der Waals surface area (Å²) in [5, 5.41) is 0. The summed E-state index contributed by atoms with van der Waals surface area (Å²) >= 11 is 0. The molecule has 0 atom stereocenters. The molecule has 0 N–H and O–H groups in total. The average Bonchev–Trinajstić information content (AvgIpc) is 2.47. The standard InChI is InChI=1S/C17H31N3O/c1-3-14-5-7-15(8-6-14)20-10-9-19(13-17(20)21)16-11-18(4-2)12-16/h14-16H,3-13H2,1-2H3. The topological polar surface area (TPSA) is 26.8 Å². The Morgan fingerprint density at radius 2 is 1.71 bits per heavy atom. The van der Waals surface area contributed by atoms with Gasteiger partial charge in [0.05, 0.1) is 6.54 Å². The van der Waals surface area contributed by atoms with Gasteiger partial charge in [-0.1, -0.05) is 20.3 Å². The van der Waals surface area contributed by atoms with Crippen LogP contribution in [0.15, 0.2) is 0 Å². The van der Waals surface area contributed by atoms with E-state index in [0.29, 0.717) is 24.5 Å². The van der Waals surface area contributed by atoms with E-state index in [4.69, 9.17) is 0 Å². The minimum Gasteiger partial charge on any atom is -0.337 e. The van der Waals surface area contributed by atoms with Crippen molar-refractivity contribution in [3.63, 3.8) is 0 Å². The lowest BCUT2D eigenvalue weighted by Crippen LogP contribution is -2.64. The summed E-state index contributed by atoms with van der Waals surface area (Å²) in [6.07, 6.45) is 6.42. The highest BCUT2D eigenvalue weighted by molar-refractivity contribution is 5.79. The van der Waals surface area contributed by atoms with Crippen LogP contribution in [0.4, 0.5) is 0 Å². The third kappa shape index (κ3) is 3.26. The lowest BCUT2D eigenvalue weighted by molar-refractivity contribution is -0.142. The van der Waals surface area contributed by atoms with Gasteiger partial charge in [-0.2, -0.15) is 0 Å². The van der Waals surface area contributed by atoms with Crippen LogP contribution in [0.3, 0.4) is 0 Å². The van der Waals surface area contributed by atoms with Crippen LogP contribution in [-0.4, -0.2) is 72.0 Å². The van der Waals surface area contributed by atoms with E-state index in [1.807, 2.05) is 0 Å². The summed E-state index contributed by atoms with van der Waals surface area (Å²) in [5.41, 5.74) is 0. The van der Waals surface area contributed by atoms with Crippen molar-refractivity contribution in [2.45, 2.75) is 58.0 Å². The van der Waals surface area contributed by atoms with Gasteiger partial charge in [-0.15, -0.1) is 0 Å². The summed E-state index contributed by atoms with van der Waals surface area (Å²) in [6.45, 7) is 10.7. The molecule has 3 rings (SSSR count). The van der Waals surface area contributed by atoms with Gasteiger partial charge < -0.3 is 9.80 Å². The lowest BCUT2D eigenvalue weighted by Gasteiger charge is -2.49. The Morgan fingerprint density at radius 1 is 1.00 bits per heavy atom. The maximum atomic E-state index is 12.5. The Balaban J connectivity index is 1.47. The second-order valence-electron chi connectivity index (χ2n) is 7.15. The molecule has 0 aromatic carbocycles. The Bertz CT molecular complexity index is 359. The van der Waals surface area contributed by atoms with Crippen molar-refractivity contribution in [3.8, 4) is 0 Å². The summed E-state index contributed by atoms with van der Waals surface area (Å²) in [7, 11) is 0. The highest BCUT2D eigenvalue weighted by Crippen LogP contribution is 2.30. The van der Waals surface area contributed by atoms with E-state index in [9.17, 15) is 4.79 Å². The molecule has 0 aromatic rings. The minimum absolute atomic E-state index is 0.385. The van der Waals surface area contributed by atoms with Crippen LogP contribution in [0.5, 0.6) is 0 Å². The molecule has 0 radical (unpaired) electrons. The van der Waals surface area contributed by atoms with Gasteiger partial charge in [0.15, 0.2) is 0 Å². The van der Waals surface area contributed by atoms with E-state index < -0.39 is 0 Å². The van der Waals surface area contributed by atoms with E-state index in [2.05, 4.69) is 28.5 Å². The second kappa shape index (κ2) is 6.66. The van der Waals surface area contributed by atoms with E-state index in [1.54, 1.807) is 0 Å². The smallest absolute Gasteiger partial charge is 0.237 e. The van der Waals surface area contributed by atoms with Crippen molar-refractivity contribution in [1.29, 1.82) is 0 Å². The molecule has 0 spiro atoms. The van der Waals surface area contributed by atoms with Crippen molar-refractivity contribution in [2.75, 3.05) is 39.3 Å². The fourth-order valence-corrected chi connectivity index (χ4v) is 4.30. The van der Waals surface area contributed by atoms with Gasteiger partial charge >= 0.3 is 0 Å². The highest BCUT2D eigenvalue weighted by atomic mass is 16.2. The van der Waals surface area contributed by atoms with Crippen LogP contribution >= 0.6 is 0 Å². The maximum Gasteiger partial charge on any atom is 0.237 e. The van der Waals surface area contributed by atoms with Gasteiger partial charge in [-0.25, -0.2) is 0 Å². The Morgan fingerprint density at radius 3 is 2.29 bits per heavy atom. The molecular weight excluding hydrogens is 262 g/mol. The van der Waals surface area contributed by atoms with Crippen molar-refractivity contribution in [1.82, 2.24) is 14.7 Å². The van der Waals surface area contributed by atoms with Gasteiger partial charge in [-0.3, -0.25) is 9.69 Å². The maximum absolute atomic E-state index is 12.5. The Kier molecular flexibility index (Phi) is 4.85. The van der Waals surface area contributed by atoms with Crippen LogP contribution in [-0.2, 0) is 4.79 Å². The number of likely N-dealkylation sites (N-methyl/N-ethyl adjacent to an activating group) is 1. The predicted molar refractivity (Wildman–Crippen MR) is 85.2 cm³/mol. The first-order chi connectivity index (χ1) is 10.2. The molecule has 4 heteroatoms. The van der Waals surface area contributed by atoms with E-state index in [0.717, 1.165) is 38.6 Å². The number of amides is 1. The van der Waals surface area contributed by atoms with Gasteiger partial charge in [0.1, 0.15) is 0 Å². The zero-order valence-corrected chi connectivity index (χ0v) is 13.8. The molecule has 4 nitrogen and oxygen atoms in total. The monoisotopic (exact) mass is 293 g/mol. The quantitative estimate of drug-likeness (QED) is 0.791. The summed E-state index contributed by atoms with van der Waals surface area (Å²) in [5.74, 6) is 1.30. The second-order valence-corrected chi connectivity index (χ2v) is 7.15. The number of hydrogen-bond donors (Lipinski definition) is 0. The summed E-state index contributed by atoms with van der Waals surface area (Å²) < 4.78 is 0. The molecule has 0 aromatic heterocycles. The molecule has 1 saturated carbocycles. The van der Waals surface area contributed by atoms with Gasteiger partial charge in [0, 0.05) is 38.3 Å². The molecule has 3 fully saturated rings. The van der Waals surface area contributed by atoms with Gasteiger partial charge in [-0.05, 0) is 38.1 Å². The van der Waals surface area contributed by atoms with E-state index >= 15 is 0 Å². The van der Waals surface area contributed by atoms with Crippen molar-refractivity contribution < 1.29 is 4.79 Å². The molecule has 2 saturated heterocycles. The van der Waals surface area contributed by atoms with Crippen LogP contribution in [0, 0.1) is 5.92 Å². The fraction of sp³-hybridized carbons (Fsp3) is 0.941. The zero-order valence-electron chi connectivity index (χ0n) is 13.8. The van der Waals surface area contributed by atoms with E-state index in [-0.39, 0.29) is 0 Å². The number of hydrogen-bond acceptors (Lipinski definition) is 3. The number of carbonyl (C=O) groups excluding carboxylic acids is 1. The number of likely N-dealkylation sites (tertiary alicyclic amines) is 1. The largest absolute Gasteiger partial charge is 0.337 e. The molecule has 120 valence electrons. The van der Waals surface area contributed by atoms with Crippen molar-refractivity contribution >= 4 is 5.91 Å². The summed E-state index contributed by atoms with van der Waals surface area (Å²) in [4.78, 5) is 19.6. The Labute approximate surface area is 129 Å². The van der Waals surface area contributed by atoms with Crippen LogP contribution < -0.4 is 0 Å². The SMILES string of the molecule is CCC1CCC(N2CCN(C3CN(CC)C3)CC2=O)CC1. The van der Waals surface area contributed by atoms with Gasteiger partial charge in [0.2, 0.25) is 5.91 Å². The van der Waals surface area contributed by atoms with E-state index in [1.165, 1.54) is 32.1 Å². The normalized spacial score (nSPS) is 33.2. The van der Waals surface area contributed by atoms with Crippen LogP contribution in [0.25, 0.3) is 0 Å². The molecule has 3 aliphatic rings. The minimum atomic E-state index is 0.385. The zero-order chi connectivity index (χ0) is 14.8. The molecule has 1 aliphatic carbocycles. The molecule has 0 unspecified atom stereocenters. The molecular formula is C17H31N3O. The average molecular weight is 293 g/mol. The molecule has 0 bridgehead atoms. The first-order valence-electron chi connectivity index (χ1n) is 8.97. The third-order valence-corrected chi connectivity index (χ3v) is 6.02. The Hall–Kier alpha value is -0.610.